The number of hydrogen-bond acceptors (Lipinski definition) is 1. The Morgan fingerprint density at radius 2 is 1.57 bits per heavy atom. The molecule has 0 unspecified atom stereocenters. The molecule has 110 valence electrons. The molecule has 1 saturated carbocycles. The predicted octanol–water partition coefficient (Wildman–Crippen LogP) is 4.59. The van der Waals surface area contributed by atoms with E-state index in [4.69, 9.17) is 5.73 Å². The van der Waals surface area contributed by atoms with Crippen molar-refractivity contribution in [2.45, 2.75) is 50.5 Å². The molecule has 1 heteroatoms. The van der Waals surface area contributed by atoms with Crippen molar-refractivity contribution >= 4 is 0 Å². The van der Waals surface area contributed by atoms with E-state index in [-0.39, 0.29) is 5.54 Å². The Kier molecular flexibility index (Phi) is 4.12. The first-order valence-electron chi connectivity index (χ1n) is 8.05. The summed E-state index contributed by atoms with van der Waals surface area (Å²) in [4.78, 5) is 0. The number of aryl methyl sites for hydroxylation is 1. The minimum atomic E-state index is -0.0165. The van der Waals surface area contributed by atoms with E-state index in [9.17, 15) is 0 Å². The van der Waals surface area contributed by atoms with Gasteiger partial charge in [0.25, 0.3) is 0 Å². The molecular formula is C20H25N. The third-order valence-corrected chi connectivity index (χ3v) is 5.06. The van der Waals surface area contributed by atoms with Gasteiger partial charge in [-0.05, 0) is 61.6 Å². The zero-order valence-corrected chi connectivity index (χ0v) is 12.9. The fourth-order valence-corrected chi connectivity index (χ4v) is 3.62. The fraction of sp³-hybridized carbons (Fsp3) is 0.400. The minimum Gasteiger partial charge on any atom is -0.325 e. The van der Waals surface area contributed by atoms with Crippen LogP contribution in [0.25, 0.3) is 0 Å². The molecule has 2 N–H and O–H groups in total. The lowest BCUT2D eigenvalue weighted by Gasteiger charge is -2.38. The zero-order chi connectivity index (χ0) is 14.7. The van der Waals surface area contributed by atoms with E-state index in [1.807, 2.05) is 0 Å². The minimum absolute atomic E-state index is 0.0165. The van der Waals surface area contributed by atoms with Gasteiger partial charge in [-0.2, -0.15) is 0 Å². The quantitative estimate of drug-likeness (QED) is 0.873. The Morgan fingerprint density at radius 1 is 0.952 bits per heavy atom. The normalized spacial score (nSPS) is 25.7. The molecule has 0 amide bonds. The second-order valence-corrected chi connectivity index (χ2v) is 6.65. The molecule has 0 aromatic heterocycles. The average Bonchev–Trinajstić information content (AvgIpc) is 2.51. The van der Waals surface area contributed by atoms with Crippen LogP contribution in [0.4, 0.5) is 0 Å². The SMILES string of the molecule is Cc1ccccc1CC1(N)CCC(c2ccccc2)CC1. The maximum atomic E-state index is 6.70. The van der Waals surface area contributed by atoms with Gasteiger partial charge in [-0.3, -0.25) is 0 Å². The van der Waals surface area contributed by atoms with Gasteiger partial charge in [0.1, 0.15) is 0 Å². The molecule has 1 nitrogen and oxygen atoms in total. The number of rotatable bonds is 3. The summed E-state index contributed by atoms with van der Waals surface area (Å²) in [7, 11) is 0. The number of nitrogens with two attached hydrogens (primary N) is 1. The molecule has 2 aromatic rings. The molecule has 2 aromatic carbocycles. The van der Waals surface area contributed by atoms with Crippen molar-refractivity contribution in [3.05, 3.63) is 71.3 Å². The monoisotopic (exact) mass is 279 g/mol. The molecule has 0 radical (unpaired) electrons. The van der Waals surface area contributed by atoms with Crippen LogP contribution in [0.5, 0.6) is 0 Å². The van der Waals surface area contributed by atoms with Crippen LogP contribution in [0.2, 0.25) is 0 Å². The molecule has 0 atom stereocenters. The molecule has 21 heavy (non-hydrogen) atoms. The van der Waals surface area contributed by atoms with Gasteiger partial charge in [0, 0.05) is 5.54 Å². The van der Waals surface area contributed by atoms with E-state index in [1.54, 1.807) is 0 Å². The summed E-state index contributed by atoms with van der Waals surface area (Å²) in [6, 6.07) is 19.6. The van der Waals surface area contributed by atoms with Gasteiger partial charge < -0.3 is 5.73 Å². The molecule has 0 aliphatic heterocycles. The Bertz CT molecular complexity index is 580. The third kappa shape index (κ3) is 3.36. The summed E-state index contributed by atoms with van der Waals surface area (Å²) in [6.07, 6.45) is 5.70. The van der Waals surface area contributed by atoms with Crippen LogP contribution in [0.3, 0.4) is 0 Å². The van der Waals surface area contributed by atoms with Crippen molar-refractivity contribution in [2.24, 2.45) is 5.73 Å². The van der Waals surface area contributed by atoms with Crippen LogP contribution >= 0.6 is 0 Å². The predicted molar refractivity (Wildman–Crippen MR) is 89.5 cm³/mol. The second-order valence-electron chi connectivity index (χ2n) is 6.65. The maximum absolute atomic E-state index is 6.70. The lowest BCUT2D eigenvalue weighted by molar-refractivity contribution is 0.270. The molecule has 0 bridgehead atoms. The van der Waals surface area contributed by atoms with Crippen LogP contribution in [-0.4, -0.2) is 5.54 Å². The van der Waals surface area contributed by atoms with Crippen LogP contribution in [0, 0.1) is 6.92 Å². The van der Waals surface area contributed by atoms with E-state index in [2.05, 4.69) is 61.5 Å². The third-order valence-electron chi connectivity index (χ3n) is 5.06. The molecule has 1 fully saturated rings. The number of hydrogen-bond donors (Lipinski definition) is 1. The molecule has 0 saturated heterocycles. The molecule has 1 aliphatic carbocycles. The Labute approximate surface area is 128 Å². The van der Waals surface area contributed by atoms with Crippen LogP contribution in [0.1, 0.15) is 48.3 Å². The summed E-state index contributed by atoms with van der Waals surface area (Å²) < 4.78 is 0. The highest BCUT2D eigenvalue weighted by molar-refractivity contribution is 5.28. The smallest absolute Gasteiger partial charge is 0.0195 e. The van der Waals surface area contributed by atoms with Crippen molar-refractivity contribution in [3.8, 4) is 0 Å². The first-order chi connectivity index (χ1) is 10.2. The highest BCUT2D eigenvalue weighted by Gasteiger charge is 2.32. The summed E-state index contributed by atoms with van der Waals surface area (Å²) in [5, 5.41) is 0. The first-order valence-corrected chi connectivity index (χ1v) is 8.05. The zero-order valence-electron chi connectivity index (χ0n) is 12.9. The van der Waals surface area contributed by atoms with Crippen molar-refractivity contribution in [1.29, 1.82) is 0 Å². The van der Waals surface area contributed by atoms with E-state index >= 15 is 0 Å². The fourth-order valence-electron chi connectivity index (χ4n) is 3.62. The summed E-state index contributed by atoms with van der Waals surface area (Å²) in [6.45, 7) is 2.19. The molecule has 1 aliphatic rings. The van der Waals surface area contributed by atoms with Gasteiger partial charge in [0.05, 0.1) is 0 Å². The molecular weight excluding hydrogens is 254 g/mol. The molecule has 0 spiro atoms. The Balaban J connectivity index is 1.66. The van der Waals surface area contributed by atoms with Crippen molar-refractivity contribution in [1.82, 2.24) is 0 Å². The lowest BCUT2D eigenvalue weighted by atomic mass is 9.72. The van der Waals surface area contributed by atoms with E-state index in [1.165, 1.54) is 29.5 Å². The number of benzene rings is 2. The van der Waals surface area contributed by atoms with Gasteiger partial charge in [0.15, 0.2) is 0 Å². The van der Waals surface area contributed by atoms with Crippen LogP contribution in [0.15, 0.2) is 54.6 Å². The van der Waals surface area contributed by atoms with Gasteiger partial charge in [-0.25, -0.2) is 0 Å². The Hall–Kier alpha value is -1.60. The second kappa shape index (κ2) is 6.03. The lowest BCUT2D eigenvalue weighted by Crippen LogP contribution is -2.45. The van der Waals surface area contributed by atoms with Crippen molar-refractivity contribution in [3.63, 3.8) is 0 Å². The van der Waals surface area contributed by atoms with Crippen LogP contribution < -0.4 is 5.73 Å². The van der Waals surface area contributed by atoms with E-state index in [0.717, 1.165) is 19.3 Å². The standard InChI is InChI=1S/C20H25N/c1-16-7-5-6-10-19(16)15-20(21)13-11-18(12-14-20)17-8-3-2-4-9-17/h2-10,18H,11-15,21H2,1H3. The summed E-state index contributed by atoms with van der Waals surface area (Å²) >= 11 is 0. The Morgan fingerprint density at radius 3 is 2.24 bits per heavy atom. The highest BCUT2D eigenvalue weighted by atomic mass is 14.7. The maximum Gasteiger partial charge on any atom is 0.0195 e. The van der Waals surface area contributed by atoms with E-state index in [0.29, 0.717) is 5.92 Å². The highest BCUT2D eigenvalue weighted by Crippen LogP contribution is 2.38. The van der Waals surface area contributed by atoms with Crippen molar-refractivity contribution < 1.29 is 0 Å². The average molecular weight is 279 g/mol. The summed E-state index contributed by atoms with van der Waals surface area (Å²) in [5.41, 5.74) is 10.9. The molecule has 3 rings (SSSR count). The topological polar surface area (TPSA) is 26.0 Å². The van der Waals surface area contributed by atoms with E-state index < -0.39 is 0 Å². The summed E-state index contributed by atoms with van der Waals surface area (Å²) in [5.74, 6) is 0.694. The van der Waals surface area contributed by atoms with Gasteiger partial charge in [-0.1, -0.05) is 54.6 Å². The largest absolute Gasteiger partial charge is 0.325 e. The first kappa shape index (κ1) is 14.3. The van der Waals surface area contributed by atoms with Crippen molar-refractivity contribution in [2.75, 3.05) is 0 Å². The van der Waals surface area contributed by atoms with Gasteiger partial charge >= 0.3 is 0 Å². The van der Waals surface area contributed by atoms with Gasteiger partial charge in [-0.15, -0.1) is 0 Å². The van der Waals surface area contributed by atoms with Crippen LogP contribution in [-0.2, 0) is 6.42 Å². The molecule has 0 heterocycles. The van der Waals surface area contributed by atoms with Gasteiger partial charge in [0.2, 0.25) is 0 Å².